The Bertz CT molecular complexity index is 788. The number of nitrogens with two attached hydrogens (primary N) is 1. The molecule has 3 rings (SSSR count). The summed E-state index contributed by atoms with van der Waals surface area (Å²) in [4.78, 5) is 4.22. The van der Waals surface area contributed by atoms with Gasteiger partial charge in [0.15, 0.2) is 0 Å². The minimum absolute atomic E-state index is 0.0256. The highest BCUT2D eigenvalue weighted by atomic mass is 35.5. The number of halogens is 1. The Labute approximate surface area is 128 Å². The predicted octanol–water partition coefficient (Wildman–Crippen LogP) is 2.71. The number of aromatic nitrogens is 1. The number of nitrogens with zero attached hydrogens (tertiary/aromatic N) is 1. The molecule has 1 fully saturated rings. The van der Waals surface area contributed by atoms with Crippen LogP contribution in [0.3, 0.4) is 0 Å². The molecule has 0 aliphatic heterocycles. The Morgan fingerprint density at radius 2 is 2.05 bits per heavy atom. The maximum Gasteiger partial charge on any atom is 0.238 e. The number of benzene rings is 1. The molecule has 2 N–H and O–H groups in total. The van der Waals surface area contributed by atoms with Crippen molar-refractivity contribution in [2.75, 3.05) is 6.61 Å². The van der Waals surface area contributed by atoms with Crippen LogP contribution in [0.4, 0.5) is 0 Å². The van der Waals surface area contributed by atoms with Crippen LogP contribution in [0, 0.1) is 5.92 Å². The van der Waals surface area contributed by atoms with Gasteiger partial charge in [-0.05, 0) is 43.0 Å². The van der Waals surface area contributed by atoms with Gasteiger partial charge >= 0.3 is 0 Å². The Kier molecular flexibility index (Phi) is 3.77. The summed E-state index contributed by atoms with van der Waals surface area (Å²) in [6, 6.07) is 6.17. The van der Waals surface area contributed by atoms with E-state index in [4.69, 9.17) is 21.5 Å². The van der Waals surface area contributed by atoms with Crippen molar-refractivity contribution in [1.29, 1.82) is 0 Å². The van der Waals surface area contributed by atoms with E-state index in [1.54, 1.807) is 12.1 Å². The molecule has 21 heavy (non-hydrogen) atoms. The highest BCUT2D eigenvalue weighted by molar-refractivity contribution is 7.89. The minimum atomic E-state index is -3.82. The number of ether oxygens (including phenoxy) is 1. The number of rotatable bonds is 4. The molecular weight excluding hydrogens is 312 g/mol. The highest BCUT2D eigenvalue weighted by Crippen LogP contribution is 2.32. The Morgan fingerprint density at radius 1 is 1.29 bits per heavy atom. The molecule has 0 radical (unpaired) electrons. The summed E-state index contributed by atoms with van der Waals surface area (Å²) in [5.41, 5.74) is 0.424. The third-order valence-corrected chi connectivity index (χ3v) is 4.93. The van der Waals surface area contributed by atoms with Crippen LogP contribution >= 0.6 is 11.6 Å². The zero-order chi connectivity index (χ0) is 15.0. The van der Waals surface area contributed by atoms with Crippen LogP contribution in [0.1, 0.15) is 19.3 Å². The summed E-state index contributed by atoms with van der Waals surface area (Å²) in [5.74, 6) is 1.10. The standard InChI is InChI=1S/C14H15ClN2O3S/c15-13-7-4-10-12(21(16,18)19)6-5-11(14(10)17-13)20-8-9-2-1-3-9/h4-7,9H,1-3,8H2,(H2,16,18,19). The molecular formula is C14H15ClN2O3S. The number of hydrogen-bond donors (Lipinski definition) is 1. The van der Waals surface area contributed by atoms with E-state index in [9.17, 15) is 8.42 Å². The molecule has 0 amide bonds. The highest BCUT2D eigenvalue weighted by Gasteiger charge is 2.20. The van der Waals surface area contributed by atoms with Gasteiger partial charge in [-0.2, -0.15) is 0 Å². The van der Waals surface area contributed by atoms with Gasteiger partial charge in [0, 0.05) is 5.39 Å². The van der Waals surface area contributed by atoms with Crippen molar-refractivity contribution in [2.24, 2.45) is 11.1 Å². The van der Waals surface area contributed by atoms with Crippen LogP contribution in [0.2, 0.25) is 5.15 Å². The van der Waals surface area contributed by atoms with Crippen LogP contribution in [0.5, 0.6) is 5.75 Å². The van der Waals surface area contributed by atoms with Gasteiger partial charge in [0.05, 0.1) is 11.5 Å². The van der Waals surface area contributed by atoms with Gasteiger partial charge in [-0.15, -0.1) is 0 Å². The van der Waals surface area contributed by atoms with Gasteiger partial charge in [-0.1, -0.05) is 18.0 Å². The molecule has 0 bridgehead atoms. The molecule has 0 atom stereocenters. The largest absolute Gasteiger partial charge is 0.491 e. The normalized spacial score (nSPS) is 15.9. The lowest BCUT2D eigenvalue weighted by molar-refractivity contribution is 0.182. The summed E-state index contributed by atoms with van der Waals surface area (Å²) in [5, 5.41) is 5.94. The second-order valence-corrected chi connectivity index (χ2v) is 7.16. The molecule has 1 aromatic heterocycles. The molecule has 1 aliphatic carbocycles. The summed E-state index contributed by atoms with van der Waals surface area (Å²) in [6.45, 7) is 0.609. The van der Waals surface area contributed by atoms with Crippen molar-refractivity contribution < 1.29 is 13.2 Å². The molecule has 2 aromatic rings. The van der Waals surface area contributed by atoms with Gasteiger partial charge < -0.3 is 4.74 Å². The maximum atomic E-state index is 11.6. The number of pyridine rings is 1. The van der Waals surface area contributed by atoms with E-state index >= 15 is 0 Å². The molecule has 5 nitrogen and oxygen atoms in total. The van der Waals surface area contributed by atoms with Crippen molar-refractivity contribution in [3.63, 3.8) is 0 Å². The monoisotopic (exact) mass is 326 g/mol. The lowest BCUT2D eigenvalue weighted by Crippen LogP contribution is -2.19. The van der Waals surface area contributed by atoms with E-state index in [1.165, 1.54) is 31.4 Å². The van der Waals surface area contributed by atoms with E-state index in [1.807, 2.05) is 0 Å². The van der Waals surface area contributed by atoms with Gasteiger partial charge in [-0.3, -0.25) is 0 Å². The van der Waals surface area contributed by atoms with Crippen LogP contribution in [0.25, 0.3) is 10.9 Å². The summed E-state index contributed by atoms with van der Waals surface area (Å²) >= 11 is 5.91. The van der Waals surface area contributed by atoms with Crippen LogP contribution in [-0.2, 0) is 10.0 Å². The molecule has 1 aromatic carbocycles. The van der Waals surface area contributed by atoms with E-state index in [-0.39, 0.29) is 10.0 Å². The second-order valence-electron chi connectivity index (χ2n) is 5.24. The summed E-state index contributed by atoms with van der Waals surface area (Å²) in [7, 11) is -3.82. The van der Waals surface area contributed by atoms with Gasteiger partial charge in [-0.25, -0.2) is 18.5 Å². The van der Waals surface area contributed by atoms with Crippen molar-refractivity contribution >= 4 is 32.5 Å². The number of hydrogen-bond acceptors (Lipinski definition) is 4. The zero-order valence-electron chi connectivity index (χ0n) is 11.3. The number of primary sulfonamides is 1. The smallest absolute Gasteiger partial charge is 0.238 e. The Morgan fingerprint density at radius 3 is 2.67 bits per heavy atom. The molecule has 0 spiro atoms. The average molecular weight is 327 g/mol. The maximum absolute atomic E-state index is 11.6. The third kappa shape index (κ3) is 2.97. The molecule has 1 aliphatic rings. The first kappa shape index (κ1) is 14.6. The predicted molar refractivity (Wildman–Crippen MR) is 81.0 cm³/mol. The number of sulfonamides is 1. The topological polar surface area (TPSA) is 82.3 Å². The van der Waals surface area contributed by atoms with E-state index < -0.39 is 10.0 Å². The lowest BCUT2D eigenvalue weighted by atomic mass is 9.86. The van der Waals surface area contributed by atoms with E-state index in [0.717, 1.165) is 0 Å². The Hall–Kier alpha value is -1.37. The fraction of sp³-hybridized carbons (Fsp3) is 0.357. The van der Waals surface area contributed by atoms with Gasteiger partial charge in [0.2, 0.25) is 10.0 Å². The van der Waals surface area contributed by atoms with Crippen molar-refractivity contribution in [3.05, 3.63) is 29.4 Å². The van der Waals surface area contributed by atoms with Crippen molar-refractivity contribution in [2.45, 2.75) is 24.2 Å². The quantitative estimate of drug-likeness (QED) is 0.876. The zero-order valence-corrected chi connectivity index (χ0v) is 12.8. The SMILES string of the molecule is NS(=O)(=O)c1ccc(OCC2CCC2)c2nc(Cl)ccc12. The first-order chi connectivity index (χ1) is 9.95. The fourth-order valence-electron chi connectivity index (χ4n) is 2.37. The van der Waals surface area contributed by atoms with E-state index in [0.29, 0.717) is 29.2 Å². The molecule has 112 valence electrons. The third-order valence-electron chi connectivity index (χ3n) is 3.75. The molecule has 7 heteroatoms. The molecule has 1 saturated carbocycles. The molecule has 1 heterocycles. The fourth-order valence-corrected chi connectivity index (χ4v) is 3.25. The molecule has 0 saturated heterocycles. The minimum Gasteiger partial charge on any atom is -0.491 e. The van der Waals surface area contributed by atoms with Crippen molar-refractivity contribution in [1.82, 2.24) is 4.98 Å². The second kappa shape index (κ2) is 5.44. The Balaban J connectivity index is 2.06. The van der Waals surface area contributed by atoms with Crippen LogP contribution in [0.15, 0.2) is 29.2 Å². The van der Waals surface area contributed by atoms with Crippen LogP contribution < -0.4 is 9.88 Å². The number of fused-ring (bicyclic) bond motifs is 1. The first-order valence-corrected chi connectivity index (χ1v) is 8.62. The van der Waals surface area contributed by atoms with Gasteiger partial charge in [0.1, 0.15) is 16.4 Å². The lowest BCUT2D eigenvalue weighted by Gasteiger charge is -2.25. The van der Waals surface area contributed by atoms with Crippen LogP contribution in [-0.4, -0.2) is 20.0 Å². The van der Waals surface area contributed by atoms with Crippen molar-refractivity contribution in [3.8, 4) is 5.75 Å². The summed E-state index contributed by atoms with van der Waals surface area (Å²) in [6.07, 6.45) is 3.58. The van der Waals surface area contributed by atoms with E-state index in [2.05, 4.69) is 4.98 Å². The van der Waals surface area contributed by atoms with Gasteiger partial charge in [0.25, 0.3) is 0 Å². The first-order valence-electron chi connectivity index (χ1n) is 6.70. The molecule has 0 unspecified atom stereocenters. The summed E-state index contributed by atoms with van der Waals surface area (Å²) < 4.78 is 29.1. The average Bonchev–Trinajstić information content (AvgIpc) is 2.35.